The molecule has 0 unspecified atom stereocenters. The number of phenolic OH excluding ortho intramolecular Hbond substituents is 1. The molecule has 7 nitrogen and oxygen atoms in total. The van der Waals surface area contributed by atoms with Crippen LogP contribution in [-0.4, -0.2) is 37.1 Å². The molecule has 2 aromatic rings. The summed E-state index contributed by atoms with van der Waals surface area (Å²) in [6.07, 6.45) is 1.54. The van der Waals surface area contributed by atoms with Crippen LogP contribution in [0, 0.1) is 11.3 Å². The minimum atomic E-state index is -3.78. The molecular weight excluding hydrogens is 340 g/mol. The van der Waals surface area contributed by atoms with Gasteiger partial charge >= 0.3 is 0 Å². The lowest BCUT2D eigenvalue weighted by Crippen LogP contribution is -2.27. The van der Waals surface area contributed by atoms with Crippen molar-refractivity contribution in [3.63, 3.8) is 0 Å². The van der Waals surface area contributed by atoms with Gasteiger partial charge in [-0.1, -0.05) is 24.3 Å². The quantitative estimate of drug-likeness (QED) is 0.668. The number of hydrogen-bond donors (Lipinski definition) is 1. The molecule has 0 atom stereocenters. The first-order chi connectivity index (χ1) is 12.0. The summed E-state index contributed by atoms with van der Waals surface area (Å²) >= 11 is 0. The molecule has 0 aliphatic carbocycles. The summed E-state index contributed by atoms with van der Waals surface area (Å²) < 4.78 is 28.2. The maximum Gasteiger partial charge on any atom is 0.285 e. The van der Waals surface area contributed by atoms with Gasteiger partial charge in [0.25, 0.3) is 10.0 Å². The summed E-state index contributed by atoms with van der Waals surface area (Å²) in [7, 11) is -3.78. The van der Waals surface area contributed by atoms with Gasteiger partial charge in [0.05, 0.1) is 25.2 Å². The summed E-state index contributed by atoms with van der Waals surface area (Å²) in [6.45, 7) is 0.170. The first-order valence-corrected chi connectivity index (χ1v) is 8.88. The lowest BCUT2D eigenvalue weighted by atomic mass is 10.2. The maximum absolute atomic E-state index is 12.2. The minimum absolute atomic E-state index is 0.0489. The third kappa shape index (κ3) is 3.36. The van der Waals surface area contributed by atoms with E-state index in [1.54, 1.807) is 36.4 Å². The summed E-state index contributed by atoms with van der Waals surface area (Å²) in [5, 5.41) is 24.3. The lowest BCUT2D eigenvalue weighted by Gasteiger charge is -2.17. The molecule has 0 bridgehead atoms. The highest BCUT2D eigenvalue weighted by Gasteiger charge is 2.31. The Labute approximate surface area is 145 Å². The zero-order chi connectivity index (χ0) is 17.9. The second-order valence-electron chi connectivity index (χ2n) is 5.22. The number of aromatic hydroxyl groups is 1. The number of nitriles is 1. The number of hydrazone groups is 1. The predicted molar refractivity (Wildman–Crippen MR) is 92.8 cm³/mol. The van der Waals surface area contributed by atoms with Crippen molar-refractivity contribution in [3.8, 4) is 11.8 Å². The van der Waals surface area contributed by atoms with Crippen molar-refractivity contribution < 1.29 is 13.5 Å². The van der Waals surface area contributed by atoms with Crippen molar-refractivity contribution in [2.45, 2.75) is 11.3 Å². The number of sulfonamides is 1. The number of para-hydroxylation sites is 1. The van der Waals surface area contributed by atoms with E-state index in [9.17, 15) is 13.5 Å². The number of benzene rings is 2. The Morgan fingerprint density at radius 2 is 1.92 bits per heavy atom. The molecule has 0 fully saturated rings. The van der Waals surface area contributed by atoms with E-state index in [0.717, 1.165) is 0 Å². The van der Waals surface area contributed by atoms with E-state index in [-0.39, 0.29) is 29.4 Å². The van der Waals surface area contributed by atoms with Gasteiger partial charge in [0.1, 0.15) is 10.6 Å². The van der Waals surface area contributed by atoms with Crippen molar-refractivity contribution in [2.24, 2.45) is 9.50 Å². The van der Waals surface area contributed by atoms with Gasteiger partial charge in [0.15, 0.2) is 5.84 Å². The van der Waals surface area contributed by atoms with Gasteiger partial charge in [0.2, 0.25) is 0 Å². The number of amidine groups is 1. The first-order valence-electron chi connectivity index (χ1n) is 7.44. The van der Waals surface area contributed by atoms with Gasteiger partial charge < -0.3 is 5.11 Å². The zero-order valence-electron chi connectivity index (χ0n) is 13.1. The van der Waals surface area contributed by atoms with Crippen LogP contribution >= 0.6 is 0 Å². The normalized spacial score (nSPS) is 14.8. The largest absolute Gasteiger partial charge is 0.507 e. The predicted octanol–water partition coefficient (Wildman–Crippen LogP) is 2.09. The molecule has 1 heterocycles. The average Bonchev–Trinajstić information content (AvgIpc) is 2.88. The molecule has 25 heavy (non-hydrogen) atoms. The van der Waals surface area contributed by atoms with Gasteiger partial charge in [-0.3, -0.25) is 0 Å². The highest BCUT2D eigenvalue weighted by molar-refractivity contribution is 7.90. The molecule has 126 valence electrons. The summed E-state index contributed by atoms with van der Waals surface area (Å²) in [5.74, 6) is 0.213. The number of rotatable bonds is 4. The van der Waals surface area contributed by atoms with Gasteiger partial charge in [-0.25, -0.2) is 5.01 Å². The second kappa shape index (κ2) is 6.75. The summed E-state index contributed by atoms with van der Waals surface area (Å²) in [6, 6.07) is 15.1. The number of nitrogens with zero attached hydrogens (tertiary/aromatic N) is 4. The summed E-state index contributed by atoms with van der Waals surface area (Å²) in [4.78, 5) is 0.115. The Bertz CT molecular complexity index is 1010. The fraction of sp³-hybridized carbons (Fsp3) is 0.118. The molecule has 2 aromatic carbocycles. The highest BCUT2D eigenvalue weighted by atomic mass is 32.2. The van der Waals surface area contributed by atoms with Crippen molar-refractivity contribution in [1.82, 2.24) is 5.01 Å². The standard InChI is InChI=1S/C17H14N4O3S/c18-10-5-11-21(19-12-13-6-1-3-8-15(13)22)17-14-7-2-4-9-16(14)25(23,24)20-17/h1-4,6-9,12,22H,5,11H2/b19-12+. The molecule has 0 spiro atoms. The van der Waals surface area contributed by atoms with Crippen molar-refractivity contribution in [3.05, 3.63) is 59.7 Å². The lowest BCUT2D eigenvalue weighted by molar-refractivity contribution is 0.456. The molecule has 0 saturated heterocycles. The molecule has 1 N–H and O–H groups in total. The molecular formula is C17H14N4O3S. The van der Waals surface area contributed by atoms with Gasteiger partial charge in [0, 0.05) is 11.1 Å². The Morgan fingerprint density at radius 1 is 1.20 bits per heavy atom. The van der Waals surface area contributed by atoms with E-state index < -0.39 is 10.0 Å². The van der Waals surface area contributed by atoms with Crippen LogP contribution in [0.25, 0.3) is 0 Å². The third-order valence-electron chi connectivity index (χ3n) is 3.57. The van der Waals surface area contributed by atoms with E-state index in [1.807, 2.05) is 6.07 Å². The number of phenols is 1. The molecule has 0 radical (unpaired) electrons. The van der Waals surface area contributed by atoms with Crippen molar-refractivity contribution in [2.75, 3.05) is 6.54 Å². The van der Waals surface area contributed by atoms with Crippen LogP contribution in [0.3, 0.4) is 0 Å². The molecule has 1 aliphatic rings. The summed E-state index contributed by atoms with van der Waals surface area (Å²) in [5.41, 5.74) is 0.911. The molecule has 0 saturated carbocycles. The molecule has 3 rings (SSSR count). The van der Waals surface area contributed by atoms with E-state index in [2.05, 4.69) is 9.50 Å². The monoisotopic (exact) mass is 354 g/mol. The SMILES string of the molecule is N#CCCN(/N=C/c1ccccc1O)C1=NS(=O)(=O)c2ccccc21. The smallest absolute Gasteiger partial charge is 0.285 e. The van der Waals surface area contributed by atoms with Crippen LogP contribution in [0.1, 0.15) is 17.5 Å². The Hall–Kier alpha value is -3.18. The fourth-order valence-corrected chi connectivity index (χ4v) is 3.58. The molecule has 0 aromatic heterocycles. The van der Waals surface area contributed by atoms with E-state index >= 15 is 0 Å². The topological polar surface area (TPSA) is 106 Å². The van der Waals surface area contributed by atoms with Crippen LogP contribution in [-0.2, 0) is 10.0 Å². The number of hydrogen-bond acceptors (Lipinski definition) is 6. The first kappa shape index (κ1) is 16.7. The maximum atomic E-state index is 12.2. The zero-order valence-corrected chi connectivity index (χ0v) is 13.9. The second-order valence-corrected chi connectivity index (χ2v) is 6.79. The Kier molecular flexibility index (Phi) is 4.50. The van der Waals surface area contributed by atoms with Crippen molar-refractivity contribution >= 4 is 22.1 Å². The van der Waals surface area contributed by atoms with Crippen LogP contribution in [0.5, 0.6) is 5.75 Å². The Morgan fingerprint density at radius 3 is 2.68 bits per heavy atom. The highest BCUT2D eigenvalue weighted by Crippen LogP contribution is 2.27. The number of fused-ring (bicyclic) bond motifs is 1. The molecule has 0 amide bonds. The molecule has 8 heteroatoms. The third-order valence-corrected chi connectivity index (χ3v) is 4.89. The van der Waals surface area contributed by atoms with E-state index in [1.165, 1.54) is 23.4 Å². The van der Waals surface area contributed by atoms with E-state index in [0.29, 0.717) is 11.1 Å². The van der Waals surface area contributed by atoms with Crippen molar-refractivity contribution in [1.29, 1.82) is 5.26 Å². The fourth-order valence-electron chi connectivity index (χ4n) is 2.38. The minimum Gasteiger partial charge on any atom is -0.507 e. The Balaban J connectivity index is 2.00. The van der Waals surface area contributed by atoms with Crippen LogP contribution in [0.4, 0.5) is 0 Å². The van der Waals surface area contributed by atoms with E-state index in [4.69, 9.17) is 5.26 Å². The van der Waals surface area contributed by atoms with Crippen LogP contribution in [0.15, 0.2) is 62.9 Å². The molecule has 1 aliphatic heterocycles. The van der Waals surface area contributed by atoms with Gasteiger partial charge in [-0.05, 0) is 24.3 Å². The van der Waals surface area contributed by atoms with Gasteiger partial charge in [-0.2, -0.15) is 18.8 Å². The average molecular weight is 354 g/mol. The van der Waals surface area contributed by atoms with Crippen LogP contribution < -0.4 is 0 Å². The van der Waals surface area contributed by atoms with Crippen LogP contribution in [0.2, 0.25) is 0 Å². The van der Waals surface area contributed by atoms with Gasteiger partial charge in [-0.15, -0.1) is 4.40 Å².